The number of benzene rings is 1. The Hall–Kier alpha value is -2.47. The lowest BCUT2D eigenvalue weighted by Crippen LogP contribution is -2.40. The highest BCUT2D eigenvalue weighted by Crippen LogP contribution is 2.36. The van der Waals surface area contributed by atoms with Gasteiger partial charge in [0.05, 0.1) is 12.7 Å². The molecular weight excluding hydrogens is 464 g/mol. The Balaban J connectivity index is 2.57. The molecule has 4 nitrogen and oxygen atoms in total. The van der Waals surface area contributed by atoms with Crippen LogP contribution in [0.3, 0.4) is 0 Å². The fourth-order valence-electron chi connectivity index (χ4n) is 3.12. The van der Waals surface area contributed by atoms with Gasteiger partial charge >= 0.3 is 5.97 Å². The van der Waals surface area contributed by atoms with Gasteiger partial charge < -0.3 is 13.9 Å². The molecule has 1 atom stereocenters. The summed E-state index contributed by atoms with van der Waals surface area (Å²) < 4.78 is 17.1. The molecule has 0 aliphatic heterocycles. The molecule has 0 saturated carbocycles. The lowest BCUT2D eigenvalue weighted by molar-refractivity contribution is 0.0376. The van der Waals surface area contributed by atoms with Gasteiger partial charge in [0.1, 0.15) is 11.9 Å². The lowest BCUT2D eigenvalue weighted by atomic mass is 10.1. The van der Waals surface area contributed by atoms with E-state index in [-0.39, 0.29) is 17.1 Å². The van der Waals surface area contributed by atoms with Gasteiger partial charge in [-0.15, -0.1) is 0 Å². The van der Waals surface area contributed by atoms with E-state index in [4.69, 9.17) is 13.9 Å². The molecule has 0 amide bonds. The molecule has 0 heterocycles. The maximum Gasteiger partial charge on any atom is 0.338 e. The Morgan fingerprint density at radius 1 is 1.03 bits per heavy atom. The van der Waals surface area contributed by atoms with Gasteiger partial charge in [-0.1, -0.05) is 65.2 Å². The van der Waals surface area contributed by atoms with Crippen molar-refractivity contribution in [1.29, 1.82) is 0 Å². The minimum Gasteiger partial charge on any atom is -0.497 e. The summed E-state index contributed by atoms with van der Waals surface area (Å²) in [6.07, 6.45) is 11.6. The number of ether oxygens (including phenoxy) is 2. The molecule has 1 rings (SSSR count). The monoisotopic (exact) mass is 510 g/mol. The first-order valence-electron chi connectivity index (χ1n) is 13.2. The second-order valence-electron chi connectivity index (χ2n) is 10.5. The summed E-state index contributed by atoms with van der Waals surface area (Å²) >= 11 is 0. The van der Waals surface area contributed by atoms with Crippen LogP contribution in [0.5, 0.6) is 5.75 Å². The van der Waals surface area contributed by atoms with Crippen molar-refractivity contribution in [3.8, 4) is 29.4 Å². The van der Waals surface area contributed by atoms with Crippen LogP contribution in [0.15, 0.2) is 36.4 Å². The van der Waals surface area contributed by atoms with Gasteiger partial charge in [0.15, 0.2) is 8.32 Å². The van der Waals surface area contributed by atoms with Crippen LogP contribution in [0.25, 0.3) is 0 Å². The molecule has 198 valence electrons. The van der Waals surface area contributed by atoms with E-state index in [1.165, 1.54) is 19.3 Å². The summed E-state index contributed by atoms with van der Waals surface area (Å²) in [6, 6.07) is 6.96. The zero-order valence-corrected chi connectivity index (χ0v) is 24.5. The lowest BCUT2D eigenvalue weighted by Gasteiger charge is -2.36. The molecule has 0 N–H and O–H groups in total. The Morgan fingerprint density at radius 2 is 1.72 bits per heavy atom. The number of esters is 1. The van der Waals surface area contributed by atoms with Crippen LogP contribution >= 0.6 is 0 Å². The number of allylic oxidation sites excluding steroid dienone is 1. The molecule has 5 heteroatoms. The summed E-state index contributed by atoms with van der Waals surface area (Å²) in [5, 5.41) is 0.229. The highest BCUT2D eigenvalue weighted by molar-refractivity contribution is 6.74. The molecule has 36 heavy (non-hydrogen) atoms. The van der Waals surface area contributed by atoms with E-state index in [9.17, 15) is 4.79 Å². The minimum atomic E-state index is -1.68. The van der Waals surface area contributed by atoms with Crippen LogP contribution in [0.4, 0.5) is 0 Å². The molecule has 0 radical (unpaired) electrons. The predicted octanol–water partition coefficient (Wildman–Crippen LogP) is 7.95. The minimum absolute atomic E-state index is 0.229. The average Bonchev–Trinajstić information content (AvgIpc) is 2.84. The first-order valence-corrected chi connectivity index (χ1v) is 16.2. The van der Waals surface area contributed by atoms with Crippen molar-refractivity contribution in [2.24, 2.45) is 0 Å². The molecule has 1 aromatic rings. The summed E-state index contributed by atoms with van der Waals surface area (Å²) in [6.45, 7) is 14.2. The number of carbonyl (C=O) groups is 1. The van der Waals surface area contributed by atoms with E-state index in [0.717, 1.165) is 38.7 Å². The van der Waals surface area contributed by atoms with Gasteiger partial charge in [0.25, 0.3) is 0 Å². The smallest absolute Gasteiger partial charge is 0.338 e. The van der Waals surface area contributed by atoms with Gasteiger partial charge in [0.2, 0.25) is 0 Å². The molecule has 0 bridgehead atoms. The maximum atomic E-state index is 12.6. The van der Waals surface area contributed by atoms with Crippen LogP contribution in [0.2, 0.25) is 18.1 Å². The van der Waals surface area contributed by atoms with Gasteiger partial charge in [0, 0.05) is 13.0 Å². The molecule has 0 aliphatic rings. The number of hydrogen-bond donors (Lipinski definition) is 0. The fourth-order valence-corrected chi connectivity index (χ4v) is 4.21. The quantitative estimate of drug-likeness (QED) is 0.110. The summed E-state index contributed by atoms with van der Waals surface area (Å²) in [4.78, 5) is 12.6. The standard InChI is InChI=1S/C31H46O4Si/c1-8-9-10-14-17-20-29(35-30(32)27-22-24-28(33-5)25-23-27)21-18-15-12-11-13-16-19-26-34-36(6,7)31(2,3)4/h18,21-25,29H,8-10,14,16-17,19-20,26H2,1-7H3/b21-18+/t29-/m0/s1. The number of methoxy groups -OCH3 is 1. The third kappa shape index (κ3) is 13.0. The van der Waals surface area contributed by atoms with Crippen LogP contribution in [0.1, 0.15) is 89.4 Å². The maximum absolute atomic E-state index is 12.6. The first-order chi connectivity index (χ1) is 17.1. The van der Waals surface area contributed by atoms with Gasteiger partial charge in [-0.05, 0) is 85.7 Å². The molecular formula is C31H46O4Si. The second kappa shape index (κ2) is 17.1. The Kier molecular flexibility index (Phi) is 15.0. The molecule has 0 aliphatic carbocycles. The third-order valence-corrected chi connectivity index (χ3v) is 11.0. The summed E-state index contributed by atoms with van der Waals surface area (Å²) in [7, 11) is -0.0834. The molecule has 0 aromatic heterocycles. The third-order valence-electron chi connectivity index (χ3n) is 6.51. The van der Waals surface area contributed by atoms with E-state index in [1.807, 2.05) is 6.08 Å². The predicted molar refractivity (Wildman–Crippen MR) is 153 cm³/mol. The number of hydrogen-bond acceptors (Lipinski definition) is 4. The zero-order chi connectivity index (χ0) is 26.9. The Morgan fingerprint density at radius 3 is 2.36 bits per heavy atom. The van der Waals surface area contributed by atoms with Crippen molar-refractivity contribution in [2.45, 2.75) is 103 Å². The van der Waals surface area contributed by atoms with E-state index >= 15 is 0 Å². The molecule has 1 aromatic carbocycles. The highest BCUT2D eigenvalue weighted by Gasteiger charge is 2.36. The van der Waals surface area contributed by atoms with E-state index in [2.05, 4.69) is 64.5 Å². The Labute approximate surface area is 221 Å². The molecule has 0 saturated heterocycles. The first kappa shape index (κ1) is 31.6. The SMILES string of the molecule is CCCCCCC[C@@H](/C=C/C#CC#CCCCO[Si](C)(C)C(C)(C)C)OC(=O)c1ccc(OC)cc1. The molecule has 0 fully saturated rings. The largest absolute Gasteiger partial charge is 0.497 e. The fraction of sp³-hybridized carbons (Fsp3) is 0.581. The van der Waals surface area contributed by atoms with Gasteiger partial charge in [-0.25, -0.2) is 4.79 Å². The van der Waals surface area contributed by atoms with Crippen molar-refractivity contribution >= 4 is 14.3 Å². The Bertz CT molecular complexity index is 918. The van der Waals surface area contributed by atoms with Gasteiger partial charge in [-0.3, -0.25) is 0 Å². The van der Waals surface area contributed by atoms with Gasteiger partial charge in [-0.2, -0.15) is 0 Å². The van der Waals surface area contributed by atoms with Crippen molar-refractivity contribution in [2.75, 3.05) is 13.7 Å². The molecule has 0 unspecified atom stereocenters. The van der Waals surface area contributed by atoms with E-state index in [0.29, 0.717) is 11.3 Å². The average molecular weight is 511 g/mol. The van der Waals surface area contributed by atoms with E-state index in [1.54, 1.807) is 37.5 Å². The zero-order valence-electron chi connectivity index (χ0n) is 23.5. The normalized spacial score (nSPS) is 12.3. The second-order valence-corrected chi connectivity index (χ2v) is 15.3. The van der Waals surface area contributed by atoms with Crippen molar-refractivity contribution < 1.29 is 18.7 Å². The number of carbonyl (C=O) groups excluding carboxylic acids is 1. The number of rotatable bonds is 14. The van der Waals surface area contributed by atoms with Crippen molar-refractivity contribution in [1.82, 2.24) is 0 Å². The summed E-state index contributed by atoms with van der Waals surface area (Å²) in [5.74, 6) is 12.2. The van der Waals surface area contributed by atoms with Crippen LogP contribution < -0.4 is 4.74 Å². The topological polar surface area (TPSA) is 44.8 Å². The number of unbranched alkanes of at least 4 members (excludes halogenated alkanes) is 5. The van der Waals surface area contributed by atoms with Crippen LogP contribution in [0, 0.1) is 23.7 Å². The van der Waals surface area contributed by atoms with E-state index < -0.39 is 8.32 Å². The van der Waals surface area contributed by atoms with Crippen LogP contribution in [-0.2, 0) is 9.16 Å². The van der Waals surface area contributed by atoms with Crippen molar-refractivity contribution in [3.63, 3.8) is 0 Å². The molecule has 0 spiro atoms. The van der Waals surface area contributed by atoms with Crippen molar-refractivity contribution in [3.05, 3.63) is 42.0 Å². The highest BCUT2D eigenvalue weighted by atomic mass is 28.4. The van der Waals surface area contributed by atoms with Crippen LogP contribution in [-0.4, -0.2) is 34.1 Å². The summed E-state index contributed by atoms with van der Waals surface area (Å²) in [5.41, 5.74) is 0.509.